The number of benzene rings is 2. The van der Waals surface area contributed by atoms with Crippen molar-refractivity contribution in [3.8, 4) is 23.1 Å². The van der Waals surface area contributed by atoms with E-state index in [1.807, 2.05) is 55.5 Å². The molecule has 1 N–H and O–H groups in total. The molecule has 2 aromatic carbocycles. The van der Waals surface area contributed by atoms with Crippen molar-refractivity contribution in [1.29, 1.82) is 0 Å². The summed E-state index contributed by atoms with van der Waals surface area (Å²) >= 11 is 6.11. The van der Waals surface area contributed by atoms with Gasteiger partial charge in [-0.05, 0) is 63.2 Å². The second-order valence-electron chi connectivity index (χ2n) is 8.28. The van der Waals surface area contributed by atoms with Gasteiger partial charge in [-0.25, -0.2) is 4.68 Å². The molecule has 0 spiro atoms. The summed E-state index contributed by atoms with van der Waals surface area (Å²) in [4.78, 5) is 2.19. The lowest BCUT2D eigenvalue weighted by Crippen LogP contribution is -2.39. The van der Waals surface area contributed by atoms with E-state index in [9.17, 15) is 5.11 Å². The minimum atomic E-state index is -1.00. The highest BCUT2D eigenvalue weighted by molar-refractivity contribution is 6.30. The number of ether oxygens (including phenoxy) is 2. The molecule has 0 aliphatic rings. The molecule has 0 bridgehead atoms. The Hall–Kier alpha value is -2.80. The molecule has 176 valence electrons. The molecule has 1 heterocycles. The topological polar surface area (TPSA) is 59.8 Å². The molecule has 0 fully saturated rings. The molecule has 1 unspecified atom stereocenters. The maximum Gasteiger partial charge on any atom is 0.227 e. The van der Waals surface area contributed by atoms with Gasteiger partial charge in [0.15, 0.2) is 11.5 Å². The summed E-state index contributed by atoms with van der Waals surface area (Å²) in [5, 5.41) is 16.0. The van der Waals surface area contributed by atoms with Gasteiger partial charge in [-0.2, -0.15) is 5.10 Å². The third-order valence-electron chi connectivity index (χ3n) is 5.39. The molecule has 1 atom stereocenters. The van der Waals surface area contributed by atoms with Crippen LogP contribution in [0.1, 0.15) is 31.5 Å². The highest BCUT2D eigenvalue weighted by atomic mass is 35.5. The van der Waals surface area contributed by atoms with Crippen LogP contribution in [0, 0.1) is 6.92 Å². The number of hydrogen-bond donors (Lipinski definition) is 1. The van der Waals surface area contributed by atoms with Crippen LogP contribution in [0.4, 0.5) is 0 Å². The van der Waals surface area contributed by atoms with Crippen LogP contribution in [0.25, 0.3) is 5.69 Å². The Morgan fingerprint density at radius 3 is 2.45 bits per heavy atom. The highest BCUT2D eigenvalue weighted by Gasteiger charge is 2.25. The average Bonchev–Trinajstić information content (AvgIpc) is 3.09. The molecule has 0 amide bonds. The minimum absolute atomic E-state index is 0.448. The van der Waals surface area contributed by atoms with Gasteiger partial charge in [0.05, 0.1) is 29.7 Å². The van der Waals surface area contributed by atoms with Gasteiger partial charge >= 0.3 is 0 Å². The molecular formula is C26H32ClN3O3. The predicted octanol–water partition coefficient (Wildman–Crippen LogP) is 5.78. The lowest BCUT2D eigenvalue weighted by atomic mass is 10.1. The summed E-state index contributed by atoms with van der Waals surface area (Å²) in [5.74, 6) is 1.82. The second kappa shape index (κ2) is 10.9. The first-order valence-corrected chi connectivity index (χ1v) is 11.4. The van der Waals surface area contributed by atoms with Gasteiger partial charge < -0.3 is 14.6 Å². The number of hydrogen-bond acceptors (Lipinski definition) is 5. The molecule has 33 heavy (non-hydrogen) atoms. The number of halogens is 1. The van der Waals surface area contributed by atoms with Crippen molar-refractivity contribution in [2.45, 2.75) is 39.3 Å². The van der Waals surface area contributed by atoms with E-state index in [0.717, 1.165) is 29.9 Å². The monoisotopic (exact) mass is 469 g/mol. The van der Waals surface area contributed by atoms with Crippen molar-refractivity contribution in [1.82, 2.24) is 14.7 Å². The molecule has 0 saturated carbocycles. The molecule has 6 nitrogen and oxygen atoms in total. The number of aromatic nitrogens is 2. The first-order valence-electron chi connectivity index (χ1n) is 11.0. The number of nitrogens with zero attached hydrogens (tertiary/aromatic N) is 3. The van der Waals surface area contributed by atoms with Crippen LogP contribution in [0.3, 0.4) is 0 Å². The van der Waals surface area contributed by atoms with E-state index in [-0.39, 0.29) is 0 Å². The van der Waals surface area contributed by atoms with Crippen LogP contribution >= 0.6 is 11.6 Å². The quantitative estimate of drug-likeness (QED) is 0.360. The summed E-state index contributed by atoms with van der Waals surface area (Å²) in [6.07, 6.45) is 2.52. The van der Waals surface area contributed by atoms with Crippen LogP contribution in [0.5, 0.6) is 17.4 Å². The van der Waals surface area contributed by atoms with Gasteiger partial charge in [-0.15, -0.1) is 6.58 Å². The maximum atomic E-state index is 10.6. The Balaban J connectivity index is 2.08. The fourth-order valence-corrected chi connectivity index (χ4v) is 3.79. The van der Waals surface area contributed by atoms with E-state index in [1.54, 1.807) is 24.8 Å². The molecular weight excluding hydrogens is 438 g/mol. The Bertz CT molecular complexity index is 1080. The fourth-order valence-electron chi connectivity index (χ4n) is 3.66. The number of aryl methyl sites for hydroxylation is 1. The van der Waals surface area contributed by atoms with Crippen molar-refractivity contribution < 1.29 is 14.6 Å². The summed E-state index contributed by atoms with van der Waals surface area (Å²) in [6.45, 7) is 11.4. The molecule has 1 aromatic heterocycles. The van der Waals surface area contributed by atoms with Crippen molar-refractivity contribution in [3.05, 3.63) is 77.5 Å². The Morgan fingerprint density at radius 2 is 1.85 bits per heavy atom. The smallest absolute Gasteiger partial charge is 0.227 e. The lowest BCUT2D eigenvalue weighted by Gasteiger charge is -2.29. The van der Waals surface area contributed by atoms with Gasteiger partial charge in [-0.3, -0.25) is 4.90 Å². The minimum Gasteiger partial charge on any atom is -0.493 e. The van der Waals surface area contributed by atoms with Crippen LogP contribution in [0.15, 0.2) is 61.2 Å². The molecule has 7 heteroatoms. The number of methoxy groups -OCH3 is 1. The first kappa shape index (κ1) is 24.8. The van der Waals surface area contributed by atoms with E-state index in [2.05, 4.69) is 18.4 Å². The van der Waals surface area contributed by atoms with Gasteiger partial charge in [-0.1, -0.05) is 36.7 Å². The summed E-state index contributed by atoms with van der Waals surface area (Å²) in [6, 6.07) is 15.0. The van der Waals surface area contributed by atoms with Crippen molar-refractivity contribution in [3.63, 3.8) is 0 Å². The number of para-hydroxylation sites is 2. The Labute approximate surface area is 201 Å². The third kappa shape index (κ3) is 6.16. The summed E-state index contributed by atoms with van der Waals surface area (Å²) in [5.41, 5.74) is 1.61. The molecule has 0 aliphatic heterocycles. The molecule has 3 rings (SSSR count). The van der Waals surface area contributed by atoms with Crippen LogP contribution < -0.4 is 9.47 Å². The van der Waals surface area contributed by atoms with Gasteiger partial charge in [0.25, 0.3) is 0 Å². The Kier molecular flexibility index (Phi) is 8.19. The molecule has 0 saturated heterocycles. The predicted molar refractivity (Wildman–Crippen MR) is 133 cm³/mol. The third-order valence-corrected chi connectivity index (χ3v) is 5.64. The van der Waals surface area contributed by atoms with Crippen molar-refractivity contribution >= 4 is 11.6 Å². The zero-order chi connectivity index (χ0) is 24.0. The average molecular weight is 470 g/mol. The fraction of sp³-hybridized carbons (Fsp3) is 0.346. The number of rotatable bonds is 11. The standard InChI is InChI=1S/C26H32ClN3O3/c1-6-16-29(18-26(4,31)7-2)17-22-19(3)28-30(21-14-12-20(27)13-15-21)25(22)33-24-11-9-8-10-23(24)32-5/h7-15,31H,2,6,16-18H2,1,3-5H3. The first-order chi connectivity index (χ1) is 15.8. The number of aliphatic hydroxyl groups is 1. The van der Waals surface area contributed by atoms with Crippen LogP contribution in [-0.2, 0) is 6.54 Å². The van der Waals surface area contributed by atoms with Gasteiger partial charge in [0.1, 0.15) is 0 Å². The van der Waals surface area contributed by atoms with E-state index in [0.29, 0.717) is 35.5 Å². The molecule has 0 radical (unpaired) electrons. The van der Waals surface area contributed by atoms with Crippen LogP contribution in [-0.4, -0.2) is 45.6 Å². The molecule has 0 aliphatic carbocycles. The zero-order valence-corrected chi connectivity index (χ0v) is 20.5. The normalized spacial score (nSPS) is 13.1. The van der Waals surface area contributed by atoms with E-state index in [1.165, 1.54) is 0 Å². The highest BCUT2D eigenvalue weighted by Crippen LogP contribution is 2.36. The van der Waals surface area contributed by atoms with Gasteiger partial charge in [0, 0.05) is 18.1 Å². The summed E-state index contributed by atoms with van der Waals surface area (Å²) in [7, 11) is 1.62. The molecule has 3 aromatic rings. The van der Waals surface area contributed by atoms with Crippen molar-refractivity contribution in [2.75, 3.05) is 20.2 Å². The van der Waals surface area contributed by atoms with Crippen LogP contribution in [0.2, 0.25) is 5.02 Å². The second-order valence-corrected chi connectivity index (χ2v) is 8.72. The zero-order valence-electron chi connectivity index (χ0n) is 19.7. The Morgan fingerprint density at radius 1 is 1.18 bits per heavy atom. The van der Waals surface area contributed by atoms with E-state index < -0.39 is 5.60 Å². The van der Waals surface area contributed by atoms with E-state index >= 15 is 0 Å². The van der Waals surface area contributed by atoms with Crippen molar-refractivity contribution in [2.24, 2.45) is 0 Å². The SMILES string of the molecule is C=CC(C)(O)CN(CCC)Cc1c(C)nn(-c2ccc(Cl)cc2)c1Oc1ccccc1OC. The van der Waals surface area contributed by atoms with Gasteiger partial charge in [0.2, 0.25) is 5.88 Å². The maximum absolute atomic E-state index is 10.6. The lowest BCUT2D eigenvalue weighted by molar-refractivity contribution is 0.0584. The summed E-state index contributed by atoms with van der Waals surface area (Å²) < 4.78 is 13.7. The van der Waals surface area contributed by atoms with E-state index in [4.69, 9.17) is 26.2 Å². The largest absolute Gasteiger partial charge is 0.493 e.